The molecule has 0 spiro atoms. The van der Waals surface area contributed by atoms with E-state index in [9.17, 15) is 0 Å². The van der Waals surface area contributed by atoms with Crippen molar-refractivity contribution in [2.24, 2.45) is 0 Å². The van der Waals surface area contributed by atoms with Crippen LogP contribution >= 0.6 is 0 Å². The summed E-state index contributed by atoms with van der Waals surface area (Å²) >= 11 is 0. The number of methoxy groups -OCH3 is 2. The van der Waals surface area contributed by atoms with Gasteiger partial charge in [-0.3, -0.25) is 0 Å². The number of ether oxygens (including phenoxy) is 2. The van der Waals surface area contributed by atoms with Crippen LogP contribution in [-0.2, 0) is 16.1 Å². The lowest BCUT2D eigenvalue weighted by atomic mass is 10.3. The summed E-state index contributed by atoms with van der Waals surface area (Å²) < 4.78 is 10.3. The average Bonchev–Trinajstić information content (AvgIpc) is 2.39. The van der Waals surface area contributed by atoms with Crippen LogP contribution in [0.4, 0.5) is 11.6 Å². The zero-order valence-corrected chi connectivity index (χ0v) is 13.1. The van der Waals surface area contributed by atoms with E-state index in [1.165, 1.54) is 0 Å². The molecule has 0 atom stereocenters. The molecule has 1 N–H and O–H groups in total. The molecular weight excluding hydrogens is 256 g/mol. The van der Waals surface area contributed by atoms with E-state index in [1.54, 1.807) is 14.2 Å². The Labute approximate surface area is 121 Å². The van der Waals surface area contributed by atoms with Crippen molar-refractivity contribution < 1.29 is 9.47 Å². The Balaban J connectivity index is 3.04. The molecule has 1 heterocycles. The van der Waals surface area contributed by atoms with E-state index in [1.807, 2.05) is 13.0 Å². The van der Waals surface area contributed by atoms with Crippen LogP contribution in [0, 0.1) is 0 Å². The normalized spacial score (nSPS) is 10.9. The Morgan fingerprint density at radius 3 is 2.55 bits per heavy atom. The number of anilines is 2. The van der Waals surface area contributed by atoms with Gasteiger partial charge in [-0.1, -0.05) is 0 Å². The van der Waals surface area contributed by atoms with Crippen molar-refractivity contribution >= 4 is 11.6 Å². The van der Waals surface area contributed by atoms with Crippen LogP contribution < -0.4 is 10.2 Å². The van der Waals surface area contributed by atoms with E-state index in [0.717, 1.165) is 24.7 Å². The number of hydrogen-bond donors (Lipinski definition) is 1. The molecule has 0 unspecified atom stereocenters. The first-order chi connectivity index (χ1) is 9.62. The molecule has 0 aromatic carbocycles. The highest BCUT2D eigenvalue weighted by molar-refractivity contribution is 5.50. The Bertz CT molecular complexity index is 375. The second-order valence-corrected chi connectivity index (χ2v) is 4.77. The van der Waals surface area contributed by atoms with Gasteiger partial charge >= 0.3 is 0 Å². The molecule has 0 bridgehead atoms. The van der Waals surface area contributed by atoms with Gasteiger partial charge < -0.3 is 19.7 Å². The number of rotatable bonds is 9. The van der Waals surface area contributed by atoms with E-state index in [2.05, 4.69) is 34.0 Å². The number of hydrogen-bond acceptors (Lipinski definition) is 6. The van der Waals surface area contributed by atoms with Crippen molar-refractivity contribution in [3.05, 3.63) is 11.9 Å². The van der Waals surface area contributed by atoms with Crippen LogP contribution in [-0.4, -0.2) is 49.9 Å². The molecule has 0 aliphatic carbocycles. The maximum absolute atomic E-state index is 5.17. The Kier molecular flexibility index (Phi) is 7.25. The van der Waals surface area contributed by atoms with Crippen LogP contribution in [0.15, 0.2) is 6.07 Å². The standard InChI is InChI=1S/C14H26N4O2/c1-6-15-12-9-14(17-13(16-12)10-20-5)18(11(2)3)7-8-19-4/h9,11H,6-8,10H2,1-5H3,(H,15,16,17). The minimum atomic E-state index is 0.338. The molecular formula is C14H26N4O2. The topological polar surface area (TPSA) is 59.5 Å². The van der Waals surface area contributed by atoms with E-state index < -0.39 is 0 Å². The Hall–Kier alpha value is -1.40. The number of nitrogens with one attached hydrogen (secondary N) is 1. The van der Waals surface area contributed by atoms with E-state index >= 15 is 0 Å². The van der Waals surface area contributed by atoms with Crippen molar-refractivity contribution in [2.45, 2.75) is 33.4 Å². The van der Waals surface area contributed by atoms with Gasteiger partial charge in [-0.25, -0.2) is 9.97 Å². The molecule has 6 heteroatoms. The third-order valence-corrected chi connectivity index (χ3v) is 2.84. The Morgan fingerprint density at radius 1 is 1.25 bits per heavy atom. The summed E-state index contributed by atoms with van der Waals surface area (Å²) in [5, 5.41) is 3.23. The van der Waals surface area contributed by atoms with Gasteiger partial charge in [-0.15, -0.1) is 0 Å². The van der Waals surface area contributed by atoms with Crippen LogP contribution in [0.3, 0.4) is 0 Å². The maximum atomic E-state index is 5.17. The molecule has 0 saturated carbocycles. The zero-order valence-electron chi connectivity index (χ0n) is 13.1. The molecule has 6 nitrogen and oxygen atoms in total. The predicted molar refractivity (Wildman–Crippen MR) is 81.3 cm³/mol. The van der Waals surface area contributed by atoms with Crippen molar-refractivity contribution in [2.75, 3.05) is 44.1 Å². The van der Waals surface area contributed by atoms with Gasteiger partial charge in [-0.2, -0.15) is 0 Å². The highest BCUT2D eigenvalue weighted by Crippen LogP contribution is 2.18. The van der Waals surface area contributed by atoms with Crippen LogP contribution in [0.1, 0.15) is 26.6 Å². The van der Waals surface area contributed by atoms with E-state index in [4.69, 9.17) is 9.47 Å². The molecule has 1 aromatic heterocycles. The first-order valence-corrected chi connectivity index (χ1v) is 6.98. The van der Waals surface area contributed by atoms with Gasteiger partial charge in [0.25, 0.3) is 0 Å². The first kappa shape index (κ1) is 16.7. The van der Waals surface area contributed by atoms with Gasteiger partial charge in [0.15, 0.2) is 5.82 Å². The summed E-state index contributed by atoms with van der Waals surface area (Å²) in [6.07, 6.45) is 0. The summed E-state index contributed by atoms with van der Waals surface area (Å²) in [6, 6.07) is 2.31. The van der Waals surface area contributed by atoms with Gasteiger partial charge in [-0.05, 0) is 20.8 Å². The third kappa shape index (κ3) is 4.94. The molecule has 0 fully saturated rings. The van der Waals surface area contributed by atoms with Crippen LogP contribution in [0.5, 0.6) is 0 Å². The van der Waals surface area contributed by atoms with Gasteiger partial charge in [0, 0.05) is 39.4 Å². The van der Waals surface area contributed by atoms with E-state index in [-0.39, 0.29) is 0 Å². The number of nitrogens with zero attached hydrogens (tertiary/aromatic N) is 3. The van der Waals surface area contributed by atoms with Crippen molar-refractivity contribution in [1.29, 1.82) is 0 Å². The van der Waals surface area contributed by atoms with Gasteiger partial charge in [0.1, 0.15) is 18.2 Å². The average molecular weight is 282 g/mol. The summed E-state index contributed by atoms with van der Waals surface area (Å²) in [5.74, 6) is 2.41. The highest BCUT2D eigenvalue weighted by Gasteiger charge is 2.14. The van der Waals surface area contributed by atoms with Crippen molar-refractivity contribution in [3.8, 4) is 0 Å². The number of aromatic nitrogens is 2. The second-order valence-electron chi connectivity index (χ2n) is 4.77. The lowest BCUT2D eigenvalue weighted by Gasteiger charge is -2.28. The van der Waals surface area contributed by atoms with Gasteiger partial charge in [0.2, 0.25) is 0 Å². The summed E-state index contributed by atoms with van der Waals surface area (Å²) in [5.41, 5.74) is 0. The molecule has 0 amide bonds. The smallest absolute Gasteiger partial charge is 0.158 e. The molecule has 0 aliphatic heterocycles. The van der Waals surface area contributed by atoms with Crippen molar-refractivity contribution in [1.82, 2.24) is 9.97 Å². The molecule has 20 heavy (non-hydrogen) atoms. The first-order valence-electron chi connectivity index (χ1n) is 6.98. The van der Waals surface area contributed by atoms with E-state index in [0.29, 0.717) is 25.1 Å². The SMILES string of the molecule is CCNc1cc(N(CCOC)C(C)C)nc(COC)n1. The fourth-order valence-corrected chi connectivity index (χ4v) is 1.92. The fourth-order valence-electron chi connectivity index (χ4n) is 1.92. The minimum absolute atomic E-state index is 0.338. The molecule has 0 saturated heterocycles. The highest BCUT2D eigenvalue weighted by atomic mass is 16.5. The van der Waals surface area contributed by atoms with Gasteiger partial charge in [0.05, 0.1) is 6.61 Å². The van der Waals surface area contributed by atoms with Crippen molar-refractivity contribution in [3.63, 3.8) is 0 Å². The summed E-state index contributed by atoms with van der Waals surface area (Å²) in [6.45, 7) is 9.01. The molecule has 1 rings (SSSR count). The second kappa shape index (κ2) is 8.71. The maximum Gasteiger partial charge on any atom is 0.158 e. The summed E-state index contributed by atoms with van der Waals surface area (Å²) in [4.78, 5) is 11.2. The largest absolute Gasteiger partial charge is 0.383 e. The minimum Gasteiger partial charge on any atom is -0.383 e. The van der Waals surface area contributed by atoms with Crippen LogP contribution in [0.25, 0.3) is 0 Å². The Morgan fingerprint density at radius 2 is 2.00 bits per heavy atom. The lowest BCUT2D eigenvalue weighted by Crippen LogP contribution is -2.34. The predicted octanol–water partition coefficient (Wildman–Crippen LogP) is 1.92. The van der Waals surface area contributed by atoms with Crippen LogP contribution in [0.2, 0.25) is 0 Å². The lowest BCUT2D eigenvalue weighted by molar-refractivity contribution is 0.178. The molecule has 0 aliphatic rings. The zero-order chi connectivity index (χ0) is 15.0. The molecule has 114 valence electrons. The molecule has 1 aromatic rings. The quantitative estimate of drug-likeness (QED) is 0.746. The monoisotopic (exact) mass is 282 g/mol. The molecule has 0 radical (unpaired) electrons. The third-order valence-electron chi connectivity index (χ3n) is 2.84. The fraction of sp³-hybridized carbons (Fsp3) is 0.714. The summed E-state index contributed by atoms with van der Waals surface area (Å²) in [7, 11) is 3.35.